The van der Waals surface area contributed by atoms with Gasteiger partial charge in [0.05, 0.1) is 24.3 Å². The number of guanidine groups is 1. The summed E-state index contributed by atoms with van der Waals surface area (Å²) in [5.41, 5.74) is -0.375. The summed E-state index contributed by atoms with van der Waals surface area (Å²) < 4.78 is 57.7. The molecule has 0 fully saturated rings. The standard InChI is InChI=1S/C17H20F4N4O.HI/c1-4-22-16(24-9-15-25-10(2)11(3)26-15)23-8-12-5-6-13(18)7-14(12)17(19,20)21;/h5-7H,4,8-9H2,1-3H3,(H2,22,23,24);1H. The largest absolute Gasteiger partial charge is 0.444 e. The monoisotopic (exact) mass is 500 g/mol. The van der Waals surface area contributed by atoms with Crippen molar-refractivity contribution in [3.63, 3.8) is 0 Å². The third-order valence-corrected chi connectivity index (χ3v) is 3.61. The van der Waals surface area contributed by atoms with Gasteiger partial charge < -0.3 is 15.1 Å². The van der Waals surface area contributed by atoms with Crippen molar-refractivity contribution in [2.75, 3.05) is 6.54 Å². The zero-order valence-corrected chi connectivity index (χ0v) is 17.4. The van der Waals surface area contributed by atoms with Crippen LogP contribution in [-0.2, 0) is 19.3 Å². The lowest BCUT2D eigenvalue weighted by Crippen LogP contribution is -2.36. The molecule has 0 aliphatic rings. The zero-order chi connectivity index (χ0) is 19.3. The van der Waals surface area contributed by atoms with Gasteiger partial charge in [0.1, 0.15) is 11.6 Å². The lowest BCUT2D eigenvalue weighted by molar-refractivity contribution is -0.138. The average molecular weight is 500 g/mol. The number of aryl methyl sites for hydroxylation is 2. The van der Waals surface area contributed by atoms with Crippen molar-refractivity contribution >= 4 is 29.9 Å². The molecule has 5 nitrogen and oxygen atoms in total. The molecule has 10 heteroatoms. The van der Waals surface area contributed by atoms with Crippen LogP contribution in [0.25, 0.3) is 0 Å². The maximum Gasteiger partial charge on any atom is 0.416 e. The predicted molar refractivity (Wildman–Crippen MR) is 104 cm³/mol. The van der Waals surface area contributed by atoms with Gasteiger partial charge in [-0.15, -0.1) is 24.0 Å². The molecular formula is C17H21F4IN4O. The van der Waals surface area contributed by atoms with E-state index in [1.54, 1.807) is 6.92 Å². The number of rotatable bonds is 5. The van der Waals surface area contributed by atoms with Gasteiger partial charge in [-0.2, -0.15) is 13.2 Å². The van der Waals surface area contributed by atoms with Crippen molar-refractivity contribution in [2.24, 2.45) is 4.99 Å². The molecule has 0 amide bonds. The van der Waals surface area contributed by atoms with Crippen LogP contribution in [0, 0.1) is 19.7 Å². The van der Waals surface area contributed by atoms with E-state index < -0.39 is 17.6 Å². The van der Waals surface area contributed by atoms with E-state index in [0.717, 1.165) is 17.8 Å². The van der Waals surface area contributed by atoms with Crippen molar-refractivity contribution in [3.05, 3.63) is 52.5 Å². The average Bonchev–Trinajstić information content (AvgIpc) is 2.88. The number of benzene rings is 1. The first-order valence-electron chi connectivity index (χ1n) is 8.01. The minimum Gasteiger partial charge on any atom is -0.444 e. The van der Waals surface area contributed by atoms with Gasteiger partial charge in [-0.1, -0.05) is 6.07 Å². The Morgan fingerprint density at radius 1 is 1.22 bits per heavy atom. The Hall–Kier alpha value is -1.85. The van der Waals surface area contributed by atoms with Crippen LogP contribution in [0.15, 0.2) is 27.6 Å². The lowest BCUT2D eigenvalue weighted by Gasteiger charge is -2.13. The zero-order valence-electron chi connectivity index (χ0n) is 15.1. The molecule has 0 saturated heterocycles. The van der Waals surface area contributed by atoms with Gasteiger partial charge in [0, 0.05) is 6.54 Å². The molecule has 1 heterocycles. The summed E-state index contributed by atoms with van der Waals surface area (Å²) in [4.78, 5) is 8.35. The second-order valence-corrected chi connectivity index (χ2v) is 5.60. The summed E-state index contributed by atoms with van der Waals surface area (Å²) in [6.45, 7) is 5.93. The molecule has 1 aromatic carbocycles. The molecule has 0 aliphatic heterocycles. The maximum absolute atomic E-state index is 13.2. The smallest absolute Gasteiger partial charge is 0.416 e. The number of nitrogens with zero attached hydrogens (tertiary/aromatic N) is 2. The van der Waals surface area contributed by atoms with Crippen LogP contribution in [-0.4, -0.2) is 17.5 Å². The molecule has 0 atom stereocenters. The minimum absolute atomic E-state index is 0. The Labute approximate surface area is 171 Å². The van der Waals surface area contributed by atoms with Gasteiger partial charge >= 0.3 is 6.18 Å². The highest BCUT2D eigenvalue weighted by molar-refractivity contribution is 14.0. The van der Waals surface area contributed by atoms with Gasteiger partial charge in [0.2, 0.25) is 5.89 Å². The summed E-state index contributed by atoms with van der Waals surface area (Å²) in [6, 6.07) is 2.55. The number of halogens is 5. The Bertz CT molecular complexity index is 770. The van der Waals surface area contributed by atoms with Crippen LogP contribution in [0.5, 0.6) is 0 Å². The Balaban J connectivity index is 0.00000364. The van der Waals surface area contributed by atoms with Crippen molar-refractivity contribution in [1.29, 1.82) is 0 Å². The molecule has 1 aromatic heterocycles. The number of alkyl halides is 3. The highest BCUT2D eigenvalue weighted by Gasteiger charge is 2.33. The van der Waals surface area contributed by atoms with Crippen molar-refractivity contribution in [1.82, 2.24) is 15.6 Å². The van der Waals surface area contributed by atoms with Crippen LogP contribution in [0.2, 0.25) is 0 Å². The van der Waals surface area contributed by atoms with E-state index in [1.807, 2.05) is 13.8 Å². The Kier molecular flexibility index (Phi) is 8.51. The molecule has 0 radical (unpaired) electrons. The molecule has 0 saturated carbocycles. The van der Waals surface area contributed by atoms with Crippen LogP contribution < -0.4 is 10.6 Å². The van der Waals surface area contributed by atoms with Crippen LogP contribution >= 0.6 is 24.0 Å². The van der Waals surface area contributed by atoms with Crippen molar-refractivity contribution < 1.29 is 22.0 Å². The molecule has 0 aliphatic carbocycles. The van der Waals surface area contributed by atoms with Gasteiger partial charge in [-0.3, -0.25) is 0 Å². The molecule has 27 heavy (non-hydrogen) atoms. The normalized spacial score (nSPS) is 11.9. The summed E-state index contributed by atoms with van der Waals surface area (Å²) in [6.07, 6.45) is -4.65. The first-order chi connectivity index (χ1) is 12.2. The lowest BCUT2D eigenvalue weighted by atomic mass is 10.1. The highest BCUT2D eigenvalue weighted by atomic mass is 127. The third kappa shape index (κ3) is 6.67. The maximum atomic E-state index is 13.2. The fourth-order valence-electron chi connectivity index (χ4n) is 2.23. The first-order valence-corrected chi connectivity index (χ1v) is 8.01. The minimum atomic E-state index is -4.65. The second-order valence-electron chi connectivity index (χ2n) is 5.60. The summed E-state index contributed by atoms with van der Waals surface area (Å²) >= 11 is 0. The van der Waals surface area contributed by atoms with Crippen LogP contribution in [0.3, 0.4) is 0 Å². The number of hydrogen-bond donors (Lipinski definition) is 2. The van der Waals surface area contributed by atoms with E-state index in [1.165, 1.54) is 0 Å². The number of hydrogen-bond acceptors (Lipinski definition) is 3. The SMILES string of the molecule is CCNC(=NCc1ccc(F)cc1C(F)(F)F)NCc1nc(C)c(C)o1.I. The number of aliphatic imine (C=N–C) groups is 1. The van der Waals surface area contributed by atoms with Crippen LogP contribution in [0.4, 0.5) is 17.6 Å². The highest BCUT2D eigenvalue weighted by Crippen LogP contribution is 2.32. The first kappa shape index (κ1) is 23.2. The number of aromatic nitrogens is 1. The molecular weight excluding hydrogens is 479 g/mol. The van der Waals surface area contributed by atoms with E-state index in [0.29, 0.717) is 30.2 Å². The third-order valence-electron chi connectivity index (χ3n) is 3.61. The quantitative estimate of drug-likeness (QED) is 0.278. The molecule has 0 bridgehead atoms. The van der Waals surface area contributed by atoms with Gasteiger partial charge in [-0.25, -0.2) is 14.4 Å². The van der Waals surface area contributed by atoms with E-state index in [-0.39, 0.29) is 42.6 Å². The van der Waals surface area contributed by atoms with E-state index in [4.69, 9.17) is 4.42 Å². The van der Waals surface area contributed by atoms with E-state index in [9.17, 15) is 17.6 Å². The molecule has 2 aromatic rings. The molecule has 2 N–H and O–H groups in total. The molecule has 0 unspecified atom stereocenters. The Morgan fingerprint density at radius 3 is 2.48 bits per heavy atom. The predicted octanol–water partition coefficient (Wildman–Crippen LogP) is 4.32. The number of nitrogens with one attached hydrogen (secondary N) is 2. The van der Waals surface area contributed by atoms with Gasteiger partial charge in [0.25, 0.3) is 0 Å². The molecule has 0 spiro atoms. The topological polar surface area (TPSA) is 62.5 Å². The fraction of sp³-hybridized carbons (Fsp3) is 0.412. The van der Waals surface area contributed by atoms with E-state index >= 15 is 0 Å². The summed E-state index contributed by atoms with van der Waals surface area (Å²) in [5, 5.41) is 5.87. The van der Waals surface area contributed by atoms with Gasteiger partial charge in [-0.05, 0) is 38.5 Å². The van der Waals surface area contributed by atoms with Crippen molar-refractivity contribution in [3.8, 4) is 0 Å². The molecule has 2 rings (SSSR count). The number of oxazole rings is 1. The fourth-order valence-corrected chi connectivity index (χ4v) is 2.23. The Morgan fingerprint density at radius 2 is 1.93 bits per heavy atom. The summed E-state index contributed by atoms with van der Waals surface area (Å²) in [5.74, 6) is 0.511. The molecule has 150 valence electrons. The van der Waals surface area contributed by atoms with Crippen LogP contribution in [0.1, 0.15) is 35.4 Å². The van der Waals surface area contributed by atoms with Crippen molar-refractivity contribution in [2.45, 2.75) is 40.0 Å². The van der Waals surface area contributed by atoms with Gasteiger partial charge in [0.15, 0.2) is 5.96 Å². The summed E-state index contributed by atoms with van der Waals surface area (Å²) in [7, 11) is 0. The second kappa shape index (κ2) is 9.90. The van der Waals surface area contributed by atoms with E-state index in [2.05, 4.69) is 20.6 Å².